The van der Waals surface area contributed by atoms with E-state index in [1.54, 1.807) is 11.3 Å². The Morgan fingerprint density at radius 3 is 2.77 bits per heavy atom. The van der Waals surface area contributed by atoms with E-state index in [9.17, 15) is 4.79 Å². The Kier molecular flexibility index (Phi) is 6.46. The van der Waals surface area contributed by atoms with E-state index in [1.165, 1.54) is 17.3 Å². The number of thioether (sulfide) groups is 1. The summed E-state index contributed by atoms with van der Waals surface area (Å²) in [6.45, 7) is 4.66. The molecule has 2 aromatic heterocycles. The molecule has 2 N–H and O–H groups in total. The molecule has 5 nitrogen and oxygen atoms in total. The number of benzene rings is 1. The van der Waals surface area contributed by atoms with Crippen LogP contribution in [0.2, 0.25) is 0 Å². The van der Waals surface area contributed by atoms with E-state index in [0.29, 0.717) is 17.6 Å². The van der Waals surface area contributed by atoms with Crippen LogP contribution < -0.4 is 5.32 Å². The zero-order valence-electron chi connectivity index (χ0n) is 14.8. The van der Waals surface area contributed by atoms with E-state index in [1.807, 2.05) is 42.6 Å². The lowest BCUT2D eigenvalue weighted by atomic mass is 9.96. The first-order chi connectivity index (χ1) is 12.7. The van der Waals surface area contributed by atoms with Gasteiger partial charge in [-0.1, -0.05) is 55.1 Å². The molecule has 3 rings (SSSR count). The van der Waals surface area contributed by atoms with Gasteiger partial charge in [-0.15, -0.1) is 16.4 Å². The molecule has 0 radical (unpaired) electrons. The van der Waals surface area contributed by atoms with Gasteiger partial charge in [-0.25, -0.2) is 4.98 Å². The van der Waals surface area contributed by atoms with Crippen molar-refractivity contribution in [2.24, 2.45) is 0 Å². The van der Waals surface area contributed by atoms with Crippen molar-refractivity contribution in [2.45, 2.75) is 36.6 Å². The van der Waals surface area contributed by atoms with Crippen LogP contribution >= 0.6 is 23.1 Å². The predicted molar refractivity (Wildman–Crippen MR) is 107 cm³/mol. The Labute approximate surface area is 161 Å². The molecule has 0 aliphatic heterocycles. The third kappa shape index (κ3) is 4.74. The van der Waals surface area contributed by atoms with E-state index in [4.69, 9.17) is 0 Å². The van der Waals surface area contributed by atoms with Crippen LogP contribution in [0, 0.1) is 0 Å². The summed E-state index contributed by atoms with van der Waals surface area (Å²) >= 11 is 2.97. The fourth-order valence-corrected chi connectivity index (χ4v) is 4.04. The molecule has 0 aliphatic rings. The van der Waals surface area contributed by atoms with Gasteiger partial charge in [-0.05, 0) is 30.4 Å². The van der Waals surface area contributed by atoms with Crippen LogP contribution in [0.5, 0.6) is 0 Å². The fourth-order valence-electron chi connectivity index (χ4n) is 2.62. The molecule has 3 aromatic rings. The second kappa shape index (κ2) is 9.00. The highest BCUT2D eigenvalue weighted by atomic mass is 32.2. The molecule has 0 unspecified atom stereocenters. The van der Waals surface area contributed by atoms with Gasteiger partial charge in [0.05, 0.1) is 10.1 Å². The third-order valence-electron chi connectivity index (χ3n) is 4.16. The standard InChI is InChI=1S/C19H22N4OS2/c1-3-14(15-8-5-4-6-9-15)12-20-18(24)13(2)26-19-21-17(22-23-19)16-10-7-11-25-16/h4-11,13-14H,3,12H2,1-2H3,(H,20,24)(H,21,22,23)/t13-,14-/m0/s1. The van der Waals surface area contributed by atoms with Gasteiger partial charge in [-0.2, -0.15) is 0 Å². The molecule has 0 bridgehead atoms. The zero-order chi connectivity index (χ0) is 18.4. The molecule has 136 valence electrons. The third-order valence-corrected chi connectivity index (χ3v) is 5.99. The molecule has 7 heteroatoms. The summed E-state index contributed by atoms with van der Waals surface area (Å²) in [5, 5.41) is 12.5. The molecular formula is C19H22N4OS2. The van der Waals surface area contributed by atoms with Crippen molar-refractivity contribution in [1.82, 2.24) is 20.5 Å². The Morgan fingerprint density at radius 2 is 2.08 bits per heavy atom. The van der Waals surface area contributed by atoms with Crippen molar-refractivity contribution in [1.29, 1.82) is 0 Å². The molecular weight excluding hydrogens is 364 g/mol. The molecule has 0 spiro atoms. The Morgan fingerprint density at radius 1 is 1.27 bits per heavy atom. The summed E-state index contributed by atoms with van der Waals surface area (Å²) in [6.07, 6.45) is 0.983. The number of hydrogen-bond donors (Lipinski definition) is 2. The first kappa shape index (κ1) is 18.7. The predicted octanol–water partition coefficient (Wildman–Crippen LogP) is 4.32. The van der Waals surface area contributed by atoms with E-state index < -0.39 is 0 Å². The number of carbonyl (C=O) groups excluding carboxylic acids is 1. The highest BCUT2D eigenvalue weighted by Crippen LogP contribution is 2.25. The van der Waals surface area contributed by atoms with Crippen molar-refractivity contribution in [3.05, 3.63) is 53.4 Å². The topological polar surface area (TPSA) is 70.7 Å². The molecule has 0 fully saturated rings. The molecule has 26 heavy (non-hydrogen) atoms. The maximum atomic E-state index is 12.4. The van der Waals surface area contributed by atoms with Gasteiger partial charge in [0, 0.05) is 12.5 Å². The molecule has 1 amide bonds. The monoisotopic (exact) mass is 386 g/mol. The van der Waals surface area contributed by atoms with Crippen molar-refractivity contribution in [3.8, 4) is 10.7 Å². The number of carbonyl (C=O) groups is 1. The van der Waals surface area contributed by atoms with Crippen molar-refractivity contribution < 1.29 is 4.79 Å². The largest absolute Gasteiger partial charge is 0.355 e. The minimum atomic E-state index is -0.254. The number of nitrogens with one attached hydrogen (secondary N) is 2. The molecule has 0 saturated carbocycles. The van der Waals surface area contributed by atoms with Gasteiger partial charge in [-0.3, -0.25) is 9.89 Å². The van der Waals surface area contributed by atoms with Gasteiger partial charge < -0.3 is 5.32 Å². The maximum absolute atomic E-state index is 12.4. The normalized spacial score (nSPS) is 13.3. The second-order valence-electron chi connectivity index (χ2n) is 5.96. The summed E-state index contributed by atoms with van der Waals surface area (Å²) in [5.41, 5.74) is 1.25. The lowest BCUT2D eigenvalue weighted by Crippen LogP contribution is -2.34. The summed E-state index contributed by atoms with van der Waals surface area (Å²) in [6, 6.07) is 14.3. The van der Waals surface area contributed by atoms with Gasteiger partial charge in [0.25, 0.3) is 0 Å². The van der Waals surface area contributed by atoms with Crippen LogP contribution in [-0.4, -0.2) is 32.9 Å². The quantitative estimate of drug-likeness (QED) is 0.566. The number of rotatable bonds is 8. The number of hydrogen-bond acceptors (Lipinski definition) is 5. The summed E-state index contributed by atoms with van der Waals surface area (Å²) in [7, 11) is 0. The summed E-state index contributed by atoms with van der Waals surface area (Å²) in [4.78, 5) is 17.9. The van der Waals surface area contributed by atoms with Crippen molar-refractivity contribution in [3.63, 3.8) is 0 Å². The van der Waals surface area contributed by atoms with Crippen LogP contribution in [0.15, 0.2) is 53.0 Å². The molecule has 1 aromatic carbocycles. The number of thiophene rings is 1. The maximum Gasteiger partial charge on any atom is 0.233 e. The number of aromatic nitrogens is 3. The van der Waals surface area contributed by atoms with Crippen LogP contribution in [0.3, 0.4) is 0 Å². The number of H-pyrrole nitrogens is 1. The van der Waals surface area contributed by atoms with Crippen LogP contribution in [-0.2, 0) is 4.79 Å². The minimum absolute atomic E-state index is 0.00635. The first-order valence-corrected chi connectivity index (χ1v) is 10.4. The first-order valence-electron chi connectivity index (χ1n) is 8.63. The van der Waals surface area contributed by atoms with E-state index in [2.05, 4.69) is 39.6 Å². The van der Waals surface area contributed by atoms with E-state index >= 15 is 0 Å². The zero-order valence-corrected chi connectivity index (χ0v) is 16.4. The van der Waals surface area contributed by atoms with Gasteiger partial charge in [0.1, 0.15) is 0 Å². The molecule has 0 aliphatic carbocycles. The Balaban J connectivity index is 1.53. The highest BCUT2D eigenvalue weighted by Gasteiger charge is 2.19. The SMILES string of the molecule is CC[C@@H](CNC(=O)[C@H](C)Sc1n[nH]c(-c2cccs2)n1)c1ccccc1. The van der Waals surface area contributed by atoms with Gasteiger partial charge in [0.2, 0.25) is 11.1 Å². The number of amides is 1. The average molecular weight is 387 g/mol. The van der Waals surface area contributed by atoms with Gasteiger partial charge >= 0.3 is 0 Å². The molecule has 0 saturated heterocycles. The smallest absolute Gasteiger partial charge is 0.233 e. The van der Waals surface area contributed by atoms with Crippen molar-refractivity contribution in [2.75, 3.05) is 6.54 Å². The summed E-state index contributed by atoms with van der Waals surface area (Å²) in [5.74, 6) is 1.07. The van der Waals surface area contributed by atoms with Gasteiger partial charge in [0.15, 0.2) is 5.82 Å². The van der Waals surface area contributed by atoms with E-state index in [0.717, 1.165) is 17.1 Å². The van der Waals surface area contributed by atoms with E-state index in [-0.39, 0.29) is 11.2 Å². The minimum Gasteiger partial charge on any atom is -0.355 e. The fraction of sp³-hybridized carbons (Fsp3) is 0.316. The lowest BCUT2D eigenvalue weighted by Gasteiger charge is -2.17. The van der Waals surface area contributed by atoms with Crippen LogP contribution in [0.25, 0.3) is 10.7 Å². The Hall–Kier alpha value is -2.12. The van der Waals surface area contributed by atoms with Crippen molar-refractivity contribution >= 4 is 29.0 Å². The lowest BCUT2D eigenvalue weighted by molar-refractivity contribution is -0.120. The van der Waals surface area contributed by atoms with Crippen LogP contribution in [0.4, 0.5) is 0 Å². The highest BCUT2D eigenvalue weighted by molar-refractivity contribution is 8.00. The average Bonchev–Trinajstić information content (AvgIpc) is 3.34. The molecule has 2 heterocycles. The number of aromatic amines is 1. The second-order valence-corrected chi connectivity index (χ2v) is 8.22. The Bertz CT molecular complexity index is 817. The van der Waals surface area contributed by atoms with Crippen LogP contribution in [0.1, 0.15) is 31.7 Å². The summed E-state index contributed by atoms with van der Waals surface area (Å²) < 4.78 is 0. The number of nitrogens with zero attached hydrogens (tertiary/aromatic N) is 2. The molecule has 2 atom stereocenters.